The maximum absolute atomic E-state index is 11.7. The first-order valence-corrected chi connectivity index (χ1v) is 22.7. The van der Waals surface area contributed by atoms with E-state index in [0.29, 0.717) is 77.8 Å². The molecule has 54 heavy (non-hydrogen) atoms. The summed E-state index contributed by atoms with van der Waals surface area (Å²) in [6.07, 6.45) is 30.4. The van der Waals surface area contributed by atoms with Crippen LogP contribution in [0.2, 0.25) is 0 Å². The Labute approximate surface area is 333 Å². The van der Waals surface area contributed by atoms with Crippen LogP contribution in [0, 0.1) is 11.8 Å². The Morgan fingerprint density at radius 2 is 0.537 bits per heavy atom. The first-order chi connectivity index (χ1) is 26.1. The van der Waals surface area contributed by atoms with Gasteiger partial charge < -0.3 is 18.9 Å². The van der Waals surface area contributed by atoms with Gasteiger partial charge in [-0.1, -0.05) is 157 Å². The molecule has 0 aliphatic heterocycles. The van der Waals surface area contributed by atoms with Gasteiger partial charge in [0.15, 0.2) is 0 Å². The number of carbonyl (C=O) groups is 4. The van der Waals surface area contributed by atoms with Crippen LogP contribution in [0.4, 0.5) is 0 Å². The fourth-order valence-electron chi connectivity index (χ4n) is 5.89. The smallest absolute Gasteiger partial charge is 0.305 e. The molecule has 0 unspecified atom stereocenters. The fourth-order valence-corrected chi connectivity index (χ4v) is 5.89. The minimum atomic E-state index is -0.142. The fraction of sp³-hybridized carbons (Fsp3) is 0.913. The standard InChI is InChI=1S/C24H46O4.C22H42O4/c1-21(2)15-9-5-7-13-19-27-23(25)17-11-12-18-24(26)28-20-14-8-6-10-16-22(3)4;1-3-5-7-9-11-15-19-25-21(23)17-13-14-18-22(24)26-20-16-12-10-8-6-4-2/h21-22H,5-20H2,1-4H3;3-20H2,1-2H3. The Bertz CT molecular complexity index is 773. The molecule has 0 aromatic rings. The predicted molar refractivity (Wildman–Crippen MR) is 223 cm³/mol. The van der Waals surface area contributed by atoms with Crippen LogP contribution in [0.15, 0.2) is 0 Å². The molecule has 0 aromatic carbocycles. The van der Waals surface area contributed by atoms with Crippen molar-refractivity contribution >= 4 is 23.9 Å². The second kappa shape index (κ2) is 43.6. The van der Waals surface area contributed by atoms with Crippen molar-refractivity contribution < 1.29 is 38.1 Å². The van der Waals surface area contributed by atoms with E-state index in [-0.39, 0.29) is 23.9 Å². The largest absolute Gasteiger partial charge is 0.466 e. The molecule has 0 fully saturated rings. The topological polar surface area (TPSA) is 105 Å². The summed E-state index contributed by atoms with van der Waals surface area (Å²) in [7, 11) is 0. The Hall–Kier alpha value is -2.12. The second-order valence-electron chi connectivity index (χ2n) is 16.0. The van der Waals surface area contributed by atoms with Gasteiger partial charge >= 0.3 is 23.9 Å². The molecule has 0 heterocycles. The van der Waals surface area contributed by atoms with Crippen LogP contribution in [-0.2, 0) is 38.1 Å². The Morgan fingerprint density at radius 1 is 0.315 bits per heavy atom. The van der Waals surface area contributed by atoms with Crippen molar-refractivity contribution in [3.05, 3.63) is 0 Å². The SMILES string of the molecule is CC(C)CCCCCCOC(=O)CCCCC(=O)OCCCCCCC(C)C.CCCCCCCCOC(=O)CCCCC(=O)OCCCCCCCC. The molecule has 0 aliphatic carbocycles. The summed E-state index contributed by atoms with van der Waals surface area (Å²) in [5.74, 6) is 0.983. The third kappa shape index (κ3) is 47.9. The van der Waals surface area contributed by atoms with Crippen molar-refractivity contribution in [2.45, 2.75) is 234 Å². The van der Waals surface area contributed by atoms with Crippen LogP contribution in [0.3, 0.4) is 0 Å². The lowest BCUT2D eigenvalue weighted by Gasteiger charge is -2.07. The van der Waals surface area contributed by atoms with Crippen LogP contribution in [0.5, 0.6) is 0 Å². The summed E-state index contributed by atoms with van der Waals surface area (Å²) in [4.78, 5) is 46.5. The highest BCUT2D eigenvalue weighted by Crippen LogP contribution is 2.12. The van der Waals surface area contributed by atoms with E-state index in [4.69, 9.17) is 18.9 Å². The monoisotopic (exact) mass is 769 g/mol. The first-order valence-electron chi connectivity index (χ1n) is 22.7. The van der Waals surface area contributed by atoms with E-state index in [9.17, 15) is 19.2 Å². The number of rotatable bonds is 38. The summed E-state index contributed by atoms with van der Waals surface area (Å²) in [6.45, 7) is 15.5. The highest BCUT2D eigenvalue weighted by Gasteiger charge is 2.08. The van der Waals surface area contributed by atoms with Crippen LogP contribution in [0.25, 0.3) is 0 Å². The van der Waals surface area contributed by atoms with Gasteiger partial charge in [0.1, 0.15) is 0 Å². The molecule has 0 rings (SSSR count). The third-order valence-electron chi connectivity index (χ3n) is 9.42. The quantitative estimate of drug-likeness (QED) is 0.0347. The molecule has 320 valence electrons. The number of hydrogen-bond donors (Lipinski definition) is 0. The molecule has 0 aliphatic rings. The van der Waals surface area contributed by atoms with Crippen molar-refractivity contribution in [1.29, 1.82) is 0 Å². The van der Waals surface area contributed by atoms with E-state index in [2.05, 4.69) is 41.5 Å². The molecular weight excluding hydrogens is 680 g/mol. The molecule has 8 heteroatoms. The summed E-state index contributed by atoms with van der Waals surface area (Å²) in [5, 5.41) is 0. The van der Waals surface area contributed by atoms with E-state index in [1.54, 1.807) is 0 Å². The van der Waals surface area contributed by atoms with Gasteiger partial charge in [-0.05, 0) is 63.2 Å². The number of esters is 4. The molecule has 0 aromatic heterocycles. The Morgan fingerprint density at radius 3 is 0.778 bits per heavy atom. The highest BCUT2D eigenvalue weighted by atomic mass is 16.5. The van der Waals surface area contributed by atoms with Gasteiger partial charge in [-0.25, -0.2) is 0 Å². The number of unbranched alkanes of at least 4 members (excludes halogenated alkanes) is 18. The summed E-state index contributed by atoms with van der Waals surface area (Å²) in [5.41, 5.74) is 0. The summed E-state index contributed by atoms with van der Waals surface area (Å²) < 4.78 is 20.9. The van der Waals surface area contributed by atoms with E-state index >= 15 is 0 Å². The maximum Gasteiger partial charge on any atom is 0.305 e. The van der Waals surface area contributed by atoms with Gasteiger partial charge in [0.2, 0.25) is 0 Å². The lowest BCUT2D eigenvalue weighted by Crippen LogP contribution is -2.08. The summed E-state index contributed by atoms with van der Waals surface area (Å²) >= 11 is 0. The highest BCUT2D eigenvalue weighted by molar-refractivity contribution is 5.71. The normalized spacial score (nSPS) is 11.0. The van der Waals surface area contributed by atoms with Crippen molar-refractivity contribution in [2.24, 2.45) is 11.8 Å². The molecule has 0 amide bonds. The van der Waals surface area contributed by atoms with Crippen LogP contribution in [-0.4, -0.2) is 50.3 Å². The second-order valence-corrected chi connectivity index (χ2v) is 16.0. The van der Waals surface area contributed by atoms with Crippen molar-refractivity contribution in [1.82, 2.24) is 0 Å². The van der Waals surface area contributed by atoms with Crippen LogP contribution >= 0.6 is 0 Å². The molecular formula is C46H88O8. The number of carbonyl (C=O) groups excluding carboxylic acids is 4. The zero-order chi connectivity index (χ0) is 40.3. The van der Waals surface area contributed by atoms with E-state index in [1.165, 1.54) is 89.9 Å². The minimum absolute atomic E-state index is 0.140. The van der Waals surface area contributed by atoms with Crippen LogP contribution < -0.4 is 0 Å². The van der Waals surface area contributed by atoms with E-state index in [1.807, 2.05) is 0 Å². The Kier molecular flexibility index (Phi) is 43.6. The van der Waals surface area contributed by atoms with Gasteiger partial charge in [0.25, 0.3) is 0 Å². The lowest BCUT2D eigenvalue weighted by molar-refractivity contribution is -0.146. The predicted octanol–water partition coefficient (Wildman–Crippen LogP) is 13.2. The maximum atomic E-state index is 11.7. The zero-order valence-electron chi connectivity index (χ0n) is 36.5. The Balaban J connectivity index is 0. The molecule has 0 N–H and O–H groups in total. The lowest BCUT2D eigenvalue weighted by atomic mass is 10.0. The van der Waals surface area contributed by atoms with Gasteiger partial charge in [-0.15, -0.1) is 0 Å². The van der Waals surface area contributed by atoms with Crippen LogP contribution in [0.1, 0.15) is 234 Å². The van der Waals surface area contributed by atoms with Gasteiger partial charge in [0.05, 0.1) is 26.4 Å². The van der Waals surface area contributed by atoms with Crippen molar-refractivity contribution in [3.8, 4) is 0 Å². The average molecular weight is 769 g/mol. The van der Waals surface area contributed by atoms with Gasteiger partial charge in [0, 0.05) is 25.7 Å². The summed E-state index contributed by atoms with van der Waals surface area (Å²) in [6, 6.07) is 0. The number of ether oxygens (including phenoxy) is 4. The third-order valence-corrected chi connectivity index (χ3v) is 9.42. The number of hydrogen-bond acceptors (Lipinski definition) is 8. The molecule has 0 saturated carbocycles. The molecule has 0 bridgehead atoms. The minimum Gasteiger partial charge on any atom is -0.466 e. The van der Waals surface area contributed by atoms with E-state index < -0.39 is 0 Å². The van der Waals surface area contributed by atoms with E-state index in [0.717, 1.165) is 63.2 Å². The molecule has 0 saturated heterocycles. The first kappa shape index (κ1) is 54.0. The molecule has 0 atom stereocenters. The van der Waals surface area contributed by atoms with Crippen molar-refractivity contribution in [2.75, 3.05) is 26.4 Å². The van der Waals surface area contributed by atoms with Gasteiger partial charge in [-0.2, -0.15) is 0 Å². The molecule has 8 nitrogen and oxygen atoms in total. The van der Waals surface area contributed by atoms with Gasteiger partial charge in [-0.3, -0.25) is 19.2 Å². The van der Waals surface area contributed by atoms with Crippen molar-refractivity contribution in [3.63, 3.8) is 0 Å². The zero-order valence-corrected chi connectivity index (χ0v) is 36.5. The molecule has 0 radical (unpaired) electrons. The average Bonchev–Trinajstić information content (AvgIpc) is 3.13. The molecule has 0 spiro atoms.